The van der Waals surface area contributed by atoms with E-state index in [1.807, 2.05) is 30.3 Å². The molecule has 7 heteroatoms. The predicted molar refractivity (Wildman–Crippen MR) is 118 cm³/mol. The van der Waals surface area contributed by atoms with Crippen LogP contribution in [0.5, 0.6) is 0 Å². The molecule has 32 heavy (non-hydrogen) atoms. The van der Waals surface area contributed by atoms with Gasteiger partial charge in [0.1, 0.15) is 0 Å². The van der Waals surface area contributed by atoms with Crippen LogP contribution < -0.4 is 10.6 Å². The highest BCUT2D eigenvalue weighted by molar-refractivity contribution is 6.16. The third-order valence-corrected chi connectivity index (χ3v) is 4.90. The Morgan fingerprint density at radius 2 is 1.28 bits per heavy atom. The Bertz CT molecular complexity index is 1310. The summed E-state index contributed by atoms with van der Waals surface area (Å²) in [6, 6.07) is 23.4. The van der Waals surface area contributed by atoms with Crippen molar-refractivity contribution in [3.8, 4) is 0 Å². The van der Waals surface area contributed by atoms with Gasteiger partial charge in [0.15, 0.2) is 0 Å². The molecule has 0 bridgehead atoms. The minimum atomic E-state index is -4.52. The van der Waals surface area contributed by atoms with Crippen molar-refractivity contribution in [2.24, 2.45) is 0 Å². The van der Waals surface area contributed by atoms with Crippen LogP contribution in [0.3, 0.4) is 0 Å². The highest BCUT2D eigenvalue weighted by atomic mass is 19.4. The summed E-state index contributed by atoms with van der Waals surface area (Å²) in [5, 5.41) is 6.87. The van der Waals surface area contributed by atoms with Gasteiger partial charge in [-0.15, -0.1) is 0 Å². The molecule has 4 rings (SSSR count). The van der Waals surface area contributed by atoms with Gasteiger partial charge in [-0.3, -0.25) is 9.59 Å². The van der Waals surface area contributed by atoms with Gasteiger partial charge in [0.25, 0.3) is 11.8 Å². The number of nitrogens with one attached hydrogen (secondary N) is 2. The fourth-order valence-electron chi connectivity index (χ4n) is 3.37. The number of amides is 2. The maximum atomic E-state index is 12.9. The van der Waals surface area contributed by atoms with Crippen LogP contribution in [0, 0.1) is 0 Å². The number of carbonyl (C=O) groups is 2. The second kappa shape index (κ2) is 8.55. The molecule has 0 aromatic heterocycles. The summed E-state index contributed by atoms with van der Waals surface area (Å²) >= 11 is 0. The molecule has 2 N–H and O–H groups in total. The van der Waals surface area contributed by atoms with Crippen LogP contribution in [0.1, 0.15) is 26.3 Å². The van der Waals surface area contributed by atoms with E-state index in [-0.39, 0.29) is 16.9 Å². The Morgan fingerprint density at radius 3 is 2.09 bits per heavy atom. The first kappa shape index (κ1) is 21.1. The summed E-state index contributed by atoms with van der Waals surface area (Å²) < 4.78 is 38.8. The molecule has 160 valence electrons. The average molecular weight is 434 g/mol. The maximum absolute atomic E-state index is 12.9. The van der Waals surface area contributed by atoms with Crippen molar-refractivity contribution in [3.63, 3.8) is 0 Å². The lowest BCUT2D eigenvalue weighted by molar-refractivity contribution is -0.137. The number of alkyl halides is 3. The van der Waals surface area contributed by atoms with Gasteiger partial charge in [0.2, 0.25) is 0 Å². The summed E-state index contributed by atoms with van der Waals surface area (Å²) in [4.78, 5) is 25.7. The minimum absolute atomic E-state index is 0.00000740. The molecule has 0 aliphatic heterocycles. The van der Waals surface area contributed by atoms with Crippen molar-refractivity contribution in [1.29, 1.82) is 0 Å². The van der Waals surface area contributed by atoms with Crippen molar-refractivity contribution < 1.29 is 22.8 Å². The Morgan fingerprint density at radius 1 is 0.656 bits per heavy atom. The first-order valence-electron chi connectivity index (χ1n) is 9.70. The Kier molecular flexibility index (Phi) is 5.64. The molecule has 0 radical (unpaired) electrons. The number of hydrogen-bond acceptors (Lipinski definition) is 2. The highest BCUT2D eigenvalue weighted by Crippen LogP contribution is 2.31. The van der Waals surface area contributed by atoms with Crippen molar-refractivity contribution in [1.82, 2.24) is 0 Å². The number of hydrogen-bond donors (Lipinski definition) is 2. The lowest BCUT2D eigenvalue weighted by Crippen LogP contribution is -2.18. The van der Waals surface area contributed by atoms with E-state index >= 15 is 0 Å². The third kappa shape index (κ3) is 4.46. The van der Waals surface area contributed by atoms with Crippen LogP contribution in [0.15, 0.2) is 91.0 Å². The largest absolute Gasteiger partial charge is 0.416 e. The normalized spacial score (nSPS) is 11.2. The van der Waals surface area contributed by atoms with E-state index in [0.717, 1.165) is 22.9 Å². The minimum Gasteiger partial charge on any atom is -0.322 e. The van der Waals surface area contributed by atoms with E-state index in [1.54, 1.807) is 30.3 Å². The van der Waals surface area contributed by atoms with Gasteiger partial charge in [0.05, 0.1) is 16.8 Å². The van der Waals surface area contributed by atoms with Gasteiger partial charge in [0, 0.05) is 11.3 Å². The summed E-state index contributed by atoms with van der Waals surface area (Å²) in [5.74, 6) is -1.04. The van der Waals surface area contributed by atoms with Crippen molar-refractivity contribution in [2.45, 2.75) is 6.18 Å². The topological polar surface area (TPSA) is 58.2 Å². The molecule has 4 aromatic rings. The van der Waals surface area contributed by atoms with Gasteiger partial charge in [-0.2, -0.15) is 13.2 Å². The lowest BCUT2D eigenvalue weighted by atomic mass is 10.0. The number of para-hydroxylation sites is 1. The molecule has 4 nitrogen and oxygen atoms in total. The molecule has 0 saturated carbocycles. The molecular formula is C25H17F3N2O2. The van der Waals surface area contributed by atoms with Crippen LogP contribution in [0.2, 0.25) is 0 Å². The summed E-state index contributed by atoms with van der Waals surface area (Å²) in [5.41, 5.74) is -0.0579. The average Bonchev–Trinajstić information content (AvgIpc) is 2.78. The van der Waals surface area contributed by atoms with Crippen LogP contribution >= 0.6 is 0 Å². The third-order valence-electron chi connectivity index (χ3n) is 4.90. The number of fused-ring (bicyclic) bond motifs is 1. The van der Waals surface area contributed by atoms with Crippen LogP contribution in [0.4, 0.5) is 24.5 Å². The first-order valence-corrected chi connectivity index (χ1v) is 9.70. The first-order chi connectivity index (χ1) is 15.3. The SMILES string of the molecule is O=C(Nc1cccc(C(F)(F)F)c1)c1ccccc1NC(=O)c1cccc2ccccc12. The van der Waals surface area contributed by atoms with Gasteiger partial charge in [-0.1, -0.05) is 54.6 Å². The van der Waals surface area contributed by atoms with Gasteiger partial charge in [-0.25, -0.2) is 0 Å². The molecular weight excluding hydrogens is 417 g/mol. The monoisotopic (exact) mass is 434 g/mol. The quantitative estimate of drug-likeness (QED) is 0.393. The molecule has 0 spiro atoms. The van der Waals surface area contributed by atoms with Crippen LogP contribution in [0.25, 0.3) is 10.8 Å². The molecule has 0 aliphatic carbocycles. The number of rotatable bonds is 4. The predicted octanol–water partition coefficient (Wildman–Crippen LogP) is 6.36. The standard InChI is InChI=1S/C25H17F3N2O2/c26-25(27,28)17-9-6-10-18(15-17)29-24(32)21-12-3-4-14-22(21)30-23(31)20-13-5-8-16-7-1-2-11-19(16)20/h1-15H,(H,29,32)(H,30,31). The number of halogens is 3. The van der Waals surface area contributed by atoms with E-state index in [1.165, 1.54) is 18.2 Å². The zero-order chi connectivity index (χ0) is 22.7. The Hall–Kier alpha value is -4.13. The summed E-state index contributed by atoms with van der Waals surface area (Å²) in [6.07, 6.45) is -4.52. The van der Waals surface area contributed by atoms with E-state index < -0.39 is 23.6 Å². The fraction of sp³-hybridized carbons (Fsp3) is 0.0400. The van der Waals surface area contributed by atoms with Crippen LogP contribution in [-0.2, 0) is 6.18 Å². The number of carbonyl (C=O) groups excluding carboxylic acids is 2. The molecule has 0 aliphatic rings. The Balaban J connectivity index is 1.59. The maximum Gasteiger partial charge on any atom is 0.416 e. The van der Waals surface area contributed by atoms with E-state index in [4.69, 9.17) is 0 Å². The number of anilines is 2. The van der Waals surface area contributed by atoms with Gasteiger partial charge in [-0.05, 0) is 47.2 Å². The molecule has 2 amide bonds. The molecule has 0 atom stereocenters. The smallest absolute Gasteiger partial charge is 0.322 e. The van der Waals surface area contributed by atoms with Crippen molar-refractivity contribution >= 4 is 34.0 Å². The lowest BCUT2D eigenvalue weighted by Gasteiger charge is -2.13. The summed E-state index contributed by atoms with van der Waals surface area (Å²) in [7, 11) is 0. The zero-order valence-electron chi connectivity index (χ0n) is 16.6. The fourth-order valence-corrected chi connectivity index (χ4v) is 3.37. The number of benzene rings is 4. The highest BCUT2D eigenvalue weighted by Gasteiger charge is 2.30. The van der Waals surface area contributed by atoms with Crippen molar-refractivity contribution in [2.75, 3.05) is 10.6 Å². The molecule has 0 unspecified atom stereocenters. The van der Waals surface area contributed by atoms with Crippen molar-refractivity contribution in [3.05, 3.63) is 108 Å². The van der Waals surface area contributed by atoms with Crippen LogP contribution in [-0.4, -0.2) is 11.8 Å². The molecule has 4 aromatic carbocycles. The second-order valence-corrected chi connectivity index (χ2v) is 7.06. The Labute approximate surface area is 181 Å². The van der Waals surface area contributed by atoms with E-state index in [9.17, 15) is 22.8 Å². The van der Waals surface area contributed by atoms with Gasteiger partial charge < -0.3 is 10.6 Å². The molecule has 0 saturated heterocycles. The summed E-state index contributed by atoms with van der Waals surface area (Å²) in [6.45, 7) is 0. The zero-order valence-corrected chi connectivity index (χ0v) is 16.6. The molecule has 0 heterocycles. The van der Waals surface area contributed by atoms with Gasteiger partial charge >= 0.3 is 6.18 Å². The second-order valence-electron chi connectivity index (χ2n) is 7.06. The van der Waals surface area contributed by atoms with E-state index in [0.29, 0.717) is 5.56 Å². The van der Waals surface area contributed by atoms with E-state index in [2.05, 4.69) is 10.6 Å². The molecule has 0 fully saturated rings.